The van der Waals surface area contributed by atoms with E-state index in [1.165, 1.54) is 75.3 Å². The van der Waals surface area contributed by atoms with Crippen molar-refractivity contribution in [2.24, 2.45) is 0 Å². The molecular weight excluding hydrogens is 446 g/mol. The van der Waals surface area contributed by atoms with Gasteiger partial charge < -0.3 is 14.0 Å². The van der Waals surface area contributed by atoms with Crippen LogP contribution in [0.15, 0.2) is 54.6 Å². The minimum absolute atomic E-state index is 0.188. The lowest BCUT2D eigenvalue weighted by Gasteiger charge is -2.28. The average Bonchev–Trinajstić information content (AvgIpc) is 2.85. The van der Waals surface area contributed by atoms with Crippen LogP contribution in [0.5, 0.6) is 5.75 Å². The zero-order valence-electron chi connectivity index (χ0n) is 23.3. The van der Waals surface area contributed by atoms with Crippen molar-refractivity contribution in [3.05, 3.63) is 65.7 Å². The first-order chi connectivity index (χ1) is 17.4. The van der Waals surface area contributed by atoms with Gasteiger partial charge in [-0.2, -0.15) is 0 Å². The Bertz CT molecular complexity index is 832. The van der Waals surface area contributed by atoms with Gasteiger partial charge in [0.15, 0.2) is 6.54 Å². The first-order valence-electron chi connectivity index (χ1n) is 14.1. The van der Waals surface area contributed by atoms with E-state index in [0.29, 0.717) is 11.0 Å². The fourth-order valence-electron chi connectivity index (χ4n) is 4.56. The Morgan fingerprint density at radius 2 is 1.36 bits per heavy atom. The number of benzene rings is 2. The number of unbranched alkanes of at least 4 members (excludes halogenated alkanes) is 9. The Morgan fingerprint density at radius 3 is 1.97 bits per heavy atom. The number of carbonyl (C=O) groups is 1. The molecule has 2 aromatic carbocycles. The highest BCUT2D eigenvalue weighted by Crippen LogP contribution is 2.17. The number of esters is 1. The molecule has 0 amide bonds. The van der Waals surface area contributed by atoms with Gasteiger partial charge in [-0.3, -0.25) is 0 Å². The van der Waals surface area contributed by atoms with Crippen LogP contribution in [-0.4, -0.2) is 43.8 Å². The second-order valence-corrected chi connectivity index (χ2v) is 10.9. The molecule has 0 fully saturated rings. The molecule has 0 aromatic heterocycles. The van der Waals surface area contributed by atoms with Gasteiger partial charge >= 0.3 is 5.97 Å². The fourth-order valence-corrected chi connectivity index (χ4v) is 4.56. The smallest absolute Gasteiger partial charge is 0.361 e. The molecule has 200 valence electrons. The van der Waals surface area contributed by atoms with Gasteiger partial charge in [0.05, 0.1) is 14.1 Å². The van der Waals surface area contributed by atoms with Gasteiger partial charge in [-0.15, -0.1) is 0 Å². The van der Waals surface area contributed by atoms with Crippen LogP contribution in [0.1, 0.15) is 89.2 Å². The zero-order chi connectivity index (χ0) is 26.1. The van der Waals surface area contributed by atoms with Crippen molar-refractivity contribution in [2.45, 2.75) is 97.1 Å². The summed E-state index contributed by atoms with van der Waals surface area (Å²) < 4.78 is 12.0. The van der Waals surface area contributed by atoms with Crippen molar-refractivity contribution in [3.8, 4) is 5.75 Å². The number of carbonyl (C=O) groups excluding carboxylic acids is 1. The van der Waals surface area contributed by atoms with Gasteiger partial charge in [0.2, 0.25) is 0 Å². The van der Waals surface area contributed by atoms with Gasteiger partial charge in [-0.05, 0) is 37.5 Å². The molecule has 2 aromatic rings. The minimum Gasteiger partial charge on any atom is -0.487 e. The first kappa shape index (κ1) is 29.9. The standard InChI is InChI=1S/C32H50NO3/c1-5-6-7-8-9-10-11-12-13-15-18-29-21-23-31(24-22-29)36-28(2)27-35-32(34)26-33(3,4)25-30-19-16-14-17-20-30/h14,16-17,19-24,28H,5-13,15,18,25-27H2,1-4H3/q+1. The lowest BCUT2D eigenvalue weighted by Crippen LogP contribution is -2.44. The van der Waals surface area contributed by atoms with Gasteiger partial charge in [-0.1, -0.05) is 107 Å². The quantitative estimate of drug-likeness (QED) is 0.113. The van der Waals surface area contributed by atoms with Crippen LogP contribution in [0.2, 0.25) is 0 Å². The molecule has 0 saturated heterocycles. The maximum Gasteiger partial charge on any atom is 0.361 e. The van der Waals surface area contributed by atoms with Crippen LogP contribution in [-0.2, 0) is 22.5 Å². The van der Waals surface area contributed by atoms with Crippen LogP contribution < -0.4 is 4.74 Å². The summed E-state index contributed by atoms with van der Waals surface area (Å²) in [6.07, 6.45) is 14.6. The molecule has 0 N–H and O–H groups in total. The van der Waals surface area contributed by atoms with Crippen LogP contribution in [0.4, 0.5) is 0 Å². The SMILES string of the molecule is CCCCCCCCCCCCc1ccc(OC(C)COC(=O)C[N+](C)(C)Cc2ccccc2)cc1. The van der Waals surface area contributed by atoms with Crippen LogP contribution in [0, 0.1) is 0 Å². The highest BCUT2D eigenvalue weighted by atomic mass is 16.6. The van der Waals surface area contributed by atoms with Gasteiger partial charge in [-0.25, -0.2) is 4.79 Å². The average molecular weight is 497 g/mol. The van der Waals surface area contributed by atoms with Crippen molar-refractivity contribution in [2.75, 3.05) is 27.2 Å². The number of ether oxygens (including phenoxy) is 2. The van der Waals surface area contributed by atoms with Crippen LogP contribution >= 0.6 is 0 Å². The van der Waals surface area contributed by atoms with E-state index in [2.05, 4.69) is 31.2 Å². The van der Waals surface area contributed by atoms with Crippen molar-refractivity contribution in [1.29, 1.82) is 0 Å². The second-order valence-electron chi connectivity index (χ2n) is 10.9. The summed E-state index contributed by atoms with van der Waals surface area (Å²) in [6, 6.07) is 18.6. The van der Waals surface area contributed by atoms with Crippen LogP contribution in [0.25, 0.3) is 0 Å². The molecule has 0 aliphatic rings. The van der Waals surface area contributed by atoms with Crippen molar-refractivity contribution in [3.63, 3.8) is 0 Å². The molecule has 2 rings (SSSR count). The number of likely N-dealkylation sites (N-methyl/N-ethyl adjacent to an activating group) is 1. The Morgan fingerprint density at radius 1 is 0.778 bits per heavy atom. The summed E-state index contributed by atoms with van der Waals surface area (Å²) in [5, 5.41) is 0. The summed E-state index contributed by atoms with van der Waals surface area (Å²) in [4.78, 5) is 12.4. The third kappa shape index (κ3) is 13.7. The fraction of sp³-hybridized carbons (Fsp3) is 0.594. The predicted octanol–water partition coefficient (Wildman–Crippen LogP) is 7.74. The number of hydrogen-bond donors (Lipinski definition) is 0. The summed E-state index contributed by atoms with van der Waals surface area (Å²) >= 11 is 0. The van der Waals surface area contributed by atoms with E-state index in [-0.39, 0.29) is 18.7 Å². The number of rotatable bonds is 19. The third-order valence-corrected chi connectivity index (χ3v) is 6.57. The molecular formula is C32H50NO3+. The third-order valence-electron chi connectivity index (χ3n) is 6.57. The molecule has 0 radical (unpaired) electrons. The first-order valence-corrected chi connectivity index (χ1v) is 14.1. The number of quaternary nitrogens is 1. The molecule has 0 spiro atoms. The molecule has 36 heavy (non-hydrogen) atoms. The Balaban J connectivity index is 1.57. The normalized spacial score (nSPS) is 12.3. The van der Waals surface area contributed by atoms with E-state index in [9.17, 15) is 4.79 Å². The Kier molecular flexibility index (Phi) is 14.3. The largest absolute Gasteiger partial charge is 0.487 e. The van der Waals surface area contributed by atoms with Crippen molar-refractivity contribution in [1.82, 2.24) is 0 Å². The number of nitrogens with zero attached hydrogens (tertiary/aromatic N) is 1. The van der Waals surface area contributed by atoms with Crippen LogP contribution in [0.3, 0.4) is 0 Å². The number of hydrogen-bond acceptors (Lipinski definition) is 3. The van der Waals surface area contributed by atoms with Crippen molar-refractivity contribution < 1.29 is 18.8 Å². The van der Waals surface area contributed by atoms with E-state index >= 15 is 0 Å². The van der Waals surface area contributed by atoms with Gasteiger partial charge in [0.1, 0.15) is 25.0 Å². The molecule has 0 aliphatic heterocycles. The Labute approximate surface area is 220 Å². The highest BCUT2D eigenvalue weighted by Gasteiger charge is 2.22. The maximum atomic E-state index is 12.4. The summed E-state index contributed by atoms with van der Waals surface area (Å²) in [7, 11) is 4.09. The molecule has 0 aliphatic carbocycles. The second kappa shape index (κ2) is 17.2. The van der Waals surface area contributed by atoms with E-state index in [0.717, 1.165) is 18.7 Å². The van der Waals surface area contributed by atoms with Crippen molar-refractivity contribution >= 4 is 5.97 Å². The molecule has 0 saturated carbocycles. The monoisotopic (exact) mass is 496 g/mol. The summed E-state index contributed by atoms with van der Waals surface area (Å²) in [5.41, 5.74) is 2.57. The molecule has 0 heterocycles. The predicted molar refractivity (Wildman–Crippen MR) is 150 cm³/mol. The lowest BCUT2D eigenvalue weighted by molar-refractivity contribution is -0.896. The molecule has 4 nitrogen and oxygen atoms in total. The molecule has 4 heteroatoms. The highest BCUT2D eigenvalue weighted by molar-refractivity contribution is 5.70. The van der Waals surface area contributed by atoms with E-state index < -0.39 is 0 Å². The van der Waals surface area contributed by atoms with Gasteiger partial charge in [0.25, 0.3) is 0 Å². The van der Waals surface area contributed by atoms with E-state index in [4.69, 9.17) is 9.47 Å². The maximum absolute atomic E-state index is 12.4. The summed E-state index contributed by atoms with van der Waals surface area (Å²) in [6.45, 7) is 5.58. The molecule has 1 unspecified atom stereocenters. The van der Waals surface area contributed by atoms with E-state index in [1.807, 2.05) is 51.4 Å². The number of aryl methyl sites for hydroxylation is 1. The summed E-state index contributed by atoms with van der Waals surface area (Å²) in [5.74, 6) is 0.629. The van der Waals surface area contributed by atoms with Gasteiger partial charge in [0, 0.05) is 5.56 Å². The zero-order valence-corrected chi connectivity index (χ0v) is 23.3. The van der Waals surface area contributed by atoms with E-state index in [1.54, 1.807) is 0 Å². The topological polar surface area (TPSA) is 35.5 Å². The molecule has 1 atom stereocenters. The lowest BCUT2D eigenvalue weighted by atomic mass is 10.0. The Hall–Kier alpha value is -2.33. The molecule has 0 bridgehead atoms. The minimum atomic E-state index is -0.196.